The Morgan fingerprint density at radius 3 is 2.83 bits per heavy atom. The van der Waals surface area contributed by atoms with Crippen LogP contribution in [0.15, 0.2) is 51.0 Å². The van der Waals surface area contributed by atoms with E-state index in [1.54, 1.807) is 13.0 Å². The average Bonchev–Trinajstić information content (AvgIpc) is 3.16. The molecule has 0 aliphatic heterocycles. The smallest absolute Gasteiger partial charge is 0.261 e. The first-order valence-corrected chi connectivity index (χ1v) is 10.8. The number of rotatable bonds is 7. The number of hydrogen-bond acceptors (Lipinski definition) is 4. The van der Waals surface area contributed by atoms with Crippen molar-refractivity contribution in [2.75, 3.05) is 13.2 Å². The predicted octanol–water partition coefficient (Wildman–Crippen LogP) is 5.06. The van der Waals surface area contributed by atoms with E-state index in [0.29, 0.717) is 34.1 Å². The molecule has 3 N–H and O–H groups in total. The number of benzene rings is 2. The van der Waals surface area contributed by atoms with Gasteiger partial charge in [-0.2, -0.15) is 5.26 Å². The van der Waals surface area contributed by atoms with Crippen LogP contribution in [-0.2, 0) is 11.2 Å². The van der Waals surface area contributed by atoms with E-state index < -0.39 is 5.91 Å². The van der Waals surface area contributed by atoms with Crippen molar-refractivity contribution >= 4 is 54.7 Å². The maximum absolute atomic E-state index is 12.5. The highest BCUT2D eigenvalue weighted by atomic mass is 79.9. The molecule has 0 fully saturated rings. The molecule has 1 amide bonds. The number of nitrogens with zero attached hydrogens (tertiary/aromatic N) is 1. The van der Waals surface area contributed by atoms with Gasteiger partial charge in [0, 0.05) is 28.1 Å². The van der Waals surface area contributed by atoms with Crippen LogP contribution in [0.5, 0.6) is 11.5 Å². The normalized spacial score (nSPS) is 11.3. The molecule has 0 saturated heterocycles. The van der Waals surface area contributed by atoms with Crippen molar-refractivity contribution in [2.45, 2.75) is 13.3 Å². The van der Waals surface area contributed by atoms with Crippen LogP contribution in [0.3, 0.4) is 0 Å². The van der Waals surface area contributed by atoms with Gasteiger partial charge in [-0.1, -0.05) is 18.2 Å². The first kappa shape index (κ1) is 21.9. The van der Waals surface area contributed by atoms with Crippen molar-refractivity contribution in [2.24, 2.45) is 0 Å². The average molecular weight is 533 g/mol. The molecule has 1 heterocycles. The number of carbonyl (C=O) groups excluding carboxylic acids is 1. The van der Waals surface area contributed by atoms with E-state index in [4.69, 9.17) is 4.74 Å². The summed E-state index contributed by atoms with van der Waals surface area (Å²) in [5, 5.41) is 23.5. The molecule has 0 radical (unpaired) electrons. The van der Waals surface area contributed by atoms with Crippen molar-refractivity contribution in [3.63, 3.8) is 0 Å². The summed E-state index contributed by atoms with van der Waals surface area (Å²) in [4.78, 5) is 15.7. The highest BCUT2D eigenvalue weighted by Gasteiger charge is 2.16. The summed E-state index contributed by atoms with van der Waals surface area (Å²) in [6.45, 7) is 2.56. The van der Waals surface area contributed by atoms with Gasteiger partial charge in [-0.15, -0.1) is 0 Å². The molecule has 0 aliphatic carbocycles. The largest absolute Gasteiger partial charge is 0.503 e. The van der Waals surface area contributed by atoms with Crippen molar-refractivity contribution < 1.29 is 14.6 Å². The number of carbonyl (C=O) groups is 1. The summed E-state index contributed by atoms with van der Waals surface area (Å²) in [5.41, 5.74) is 2.63. The zero-order valence-electron chi connectivity index (χ0n) is 16.1. The number of H-pyrrole nitrogens is 1. The lowest BCUT2D eigenvalue weighted by atomic mass is 10.1. The highest BCUT2D eigenvalue weighted by Crippen LogP contribution is 2.42. The maximum atomic E-state index is 12.5. The summed E-state index contributed by atoms with van der Waals surface area (Å²) in [6.07, 6.45) is 4.02. The lowest BCUT2D eigenvalue weighted by Crippen LogP contribution is -2.26. The van der Waals surface area contributed by atoms with Crippen LogP contribution < -0.4 is 10.1 Å². The Bertz CT molecular complexity index is 1160. The van der Waals surface area contributed by atoms with Gasteiger partial charge in [0.25, 0.3) is 5.91 Å². The van der Waals surface area contributed by atoms with Crippen LogP contribution in [0.4, 0.5) is 0 Å². The van der Waals surface area contributed by atoms with Crippen LogP contribution in [-0.4, -0.2) is 29.1 Å². The minimum Gasteiger partial charge on any atom is -0.503 e. The van der Waals surface area contributed by atoms with Crippen LogP contribution >= 0.6 is 31.9 Å². The van der Waals surface area contributed by atoms with Crippen LogP contribution in [0.2, 0.25) is 0 Å². The summed E-state index contributed by atoms with van der Waals surface area (Å²) in [6, 6.07) is 11.5. The first-order valence-electron chi connectivity index (χ1n) is 9.25. The van der Waals surface area contributed by atoms with Crippen molar-refractivity contribution in [3.05, 3.63) is 62.2 Å². The van der Waals surface area contributed by atoms with Crippen molar-refractivity contribution in [1.82, 2.24) is 10.3 Å². The number of halogens is 2. The number of amides is 1. The fourth-order valence-electron chi connectivity index (χ4n) is 3.03. The van der Waals surface area contributed by atoms with E-state index in [1.165, 1.54) is 6.08 Å². The van der Waals surface area contributed by atoms with Gasteiger partial charge in [0.05, 0.1) is 11.1 Å². The zero-order chi connectivity index (χ0) is 21.7. The fraction of sp³-hybridized carbons (Fsp3) is 0.182. The van der Waals surface area contributed by atoms with Gasteiger partial charge >= 0.3 is 0 Å². The summed E-state index contributed by atoms with van der Waals surface area (Å²) < 4.78 is 6.32. The van der Waals surface area contributed by atoms with E-state index in [-0.39, 0.29) is 17.1 Å². The van der Waals surface area contributed by atoms with Crippen molar-refractivity contribution in [3.8, 4) is 17.6 Å². The van der Waals surface area contributed by atoms with Crippen LogP contribution in [0, 0.1) is 11.3 Å². The second-order valence-corrected chi connectivity index (χ2v) is 7.99. The topological polar surface area (TPSA) is 98.1 Å². The van der Waals surface area contributed by atoms with E-state index in [2.05, 4.69) is 42.2 Å². The Morgan fingerprint density at radius 1 is 1.33 bits per heavy atom. The Hall–Kier alpha value is -2.76. The molecule has 1 aromatic heterocycles. The molecular weight excluding hydrogens is 514 g/mol. The number of nitrogens with one attached hydrogen (secondary N) is 2. The molecular formula is C22H19Br2N3O3. The number of fused-ring (bicyclic) bond motifs is 1. The minimum atomic E-state index is -0.466. The molecule has 3 rings (SSSR count). The molecule has 0 atom stereocenters. The molecule has 0 saturated carbocycles. The lowest BCUT2D eigenvalue weighted by Gasteiger charge is -2.11. The molecule has 154 valence electrons. The molecule has 0 aliphatic rings. The molecule has 0 spiro atoms. The van der Waals surface area contributed by atoms with Crippen molar-refractivity contribution in [1.29, 1.82) is 5.26 Å². The minimum absolute atomic E-state index is 0.0466. The monoisotopic (exact) mass is 531 g/mol. The predicted molar refractivity (Wildman–Crippen MR) is 123 cm³/mol. The molecule has 30 heavy (non-hydrogen) atoms. The Balaban J connectivity index is 1.74. The van der Waals surface area contributed by atoms with E-state index in [9.17, 15) is 15.2 Å². The quantitative estimate of drug-likeness (QED) is 0.292. The Morgan fingerprint density at radius 2 is 2.10 bits per heavy atom. The molecule has 2 aromatic carbocycles. The molecule has 8 heteroatoms. The summed E-state index contributed by atoms with van der Waals surface area (Å²) in [7, 11) is 0. The third-order valence-electron chi connectivity index (χ3n) is 4.49. The van der Waals surface area contributed by atoms with Gasteiger partial charge < -0.3 is 20.1 Å². The number of phenolic OH excluding ortho intramolecular Hbond substituents is 1. The van der Waals surface area contributed by atoms with Gasteiger partial charge in [0.15, 0.2) is 11.5 Å². The summed E-state index contributed by atoms with van der Waals surface area (Å²) in [5.74, 6) is -0.259. The maximum Gasteiger partial charge on any atom is 0.261 e. The standard InChI is InChI=1S/C22H19Br2N3O3/c1-2-30-18-10-14(19(23)20(24)21(18)28)9-15(11-25)22(29)26-8-7-13-12-27-17-6-4-3-5-16(13)17/h3-6,9-10,12,27-28H,2,7-8H2,1H3,(H,26,29). The fourth-order valence-corrected chi connectivity index (χ4v) is 3.87. The summed E-state index contributed by atoms with van der Waals surface area (Å²) >= 11 is 6.66. The van der Waals surface area contributed by atoms with Gasteiger partial charge in [-0.05, 0) is 74.5 Å². The lowest BCUT2D eigenvalue weighted by molar-refractivity contribution is -0.117. The van der Waals surface area contributed by atoms with Gasteiger partial charge in [0.2, 0.25) is 0 Å². The number of aromatic hydroxyl groups is 1. The SMILES string of the molecule is CCOc1cc(C=C(C#N)C(=O)NCCc2c[nH]c3ccccc23)c(Br)c(Br)c1O. The van der Waals surface area contributed by atoms with Crippen LogP contribution in [0.1, 0.15) is 18.1 Å². The zero-order valence-corrected chi connectivity index (χ0v) is 19.3. The van der Waals surface area contributed by atoms with E-state index >= 15 is 0 Å². The number of para-hydroxylation sites is 1. The number of aromatic amines is 1. The number of aromatic nitrogens is 1. The second-order valence-electron chi connectivity index (χ2n) is 6.41. The van der Waals surface area contributed by atoms with Crippen LogP contribution in [0.25, 0.3) is 17.0 Å². The van der Waals surface area contributed by atoms with Gasteiger partial charge in [-0.3, -0.25) is 4.79 Å². The number of phenols is 1. The number of hydrogen-bond donors (Lipinski definition) is 3. The Labute approximate surface area is 190 Å². The third-order valence-corrected chi connectivity index (χ3v) is 6.65. The Kier molecular flexibility index (Phi) is 7.19. The number of nitriles is 1. The molecule has 6 nitrogen and oxygen atoms in total. The first-order chi connectivity index (χ1) is 14.5. The molecule has 0 bridgehead atoms. The van der Waals surface area contributed by atoms with Gasteiger partial charge in [-0.25, -0.2) is 0 Å². The van der Waals surface area contributed by atoms with E-state index in [0.717, 1.165) is 16.5 Å². The van der Waals surface area contributed by atoms with E-state index in [1.807, 2.05) is 36.5 Å². The second kappa shape index (κ2) is 9.83. The molecule has 0 unspecified atom stereocenters. The molecule has 3 aromatic rings. The third kappa shape index (κ3) is 4.69. The highest BCUT2D eigenvalue weighted by molar-refractivity contribution is 9.13. The van der Waals surface area contributed by atoms with Gasteiger partial charge in [0.1, 0.15) is 11.6 Å². The number of ether oxygens (including phenoxy) is 1.